The Balaban J connectivity index is 2.46. The second kappa shape index (κ2) is 2.76. The molecule has 0 amide bonds. The van der Waals surface area contributed by atoms with Crippen molar-refractivity contribution in [3.63, 3.8) is 0 Å². The van der Waals surface area contributed by atoms with Crippen LogP contribution in [0.3, 0.4) is 0 Å². The fourth-order valence-electron chi connectivity index (χ4n) is 0.498. The third kappa shape index (κ3) is 1.49. The topological polar surface area (TPSA) is 47.9 Å². The molecule has 0 bridgehead atoms. The van der Waals surface area contributed by atoms with E-state index < -0.39 is 0 Å². The number of hydrazine groups is 1. The predicted molar refractivity (Wildman–Crippen MR) is 33.5 cm³/mol. The molecule has 2 N–H and O–H groups in total. The van der Waals surface area contributed by atoms with E-state index in [0.29, 0.717) is 0 Å². The Bertz CT molecular complexity index is 162. The fraction of sp³-hybridized carbons (Fsp3) is 0. The van der Waals surface area contributed by atoms with Crippen LogP contribution >= 0.6 is 0 Å². The van der Waals surface area contributed by atoms with Gasteiger partial charge in [0.2, 0.25) is 0 Å². The van der Waals surface area contributed by atoms with E-state index in [1.807, 2.05) is 12.2 Å². The van der Waals surface area contributed by atoms with Crippen LogP contribution in [0.25, 0.3) is 0 Å². The molecule has 4 nitrogen and oxygen atoms in total. The zero-order chi connectivity index (χ0) is 6.53. The van der Waals surface area contributed by atoms with Crippen molar-refractivity contribution >= 4 is 6.34 Å². The molecule has 0 unspecified atom stereocenters. The molecule has 0 fully saturated rings. The monoisotopic (exact) mass is 125 g/mol. The van der Waals surface area contributed by atoms with Gasteiger partial charge in [0.25, 0.3) is 0 Å². The number of hydrogen-bond donors (Lipinski definition) is 2. The highest BCUT2D eigenvalue weighted by Gasteiger charge is 1.90. The van der Waals surface area contributed by atoms with Crippen LogP contribution in [-0.2, 0) is 0 Å². The molecule has 0 aromatic rings. The second-order valence-corrected chi connectivity index (χ2v) is 1.47. The molecule has 1 rings (SSSR count). The normalized spacial score (nSPS) is 16.7. The summed E-state index contributed by atoms with van der Waals surface area (Å²) in [6, 6.07) is 0. The Labute approximate surface area is 52.7 Å². The Hall–Kier alpha value is -1.45. The van der Waals surface area contributed by atoms with E-state index in [9.17, 15) is 0 Å². The van der Waals surface area contributed by atoms with Gasteiger partial charge in [-0.25, -0.2) is 5.01 Å². The maximum absolute atomic E-state index is 8.05. The summed E-state index contributed by atoms with van der Waals surface area (Å²) < 4.78 is 0. The average molecular weight is 125 g/mol. The number of oxime groups is 1. The first-order valence-electron chi connectivity index (χ1n) is 2.49. The molecule has 0 aromatic heterocycles. The second-order valence-electron chi connectivity index (χ2n) is 1.47. The van der Waals surface area contributed by atoms with Gasteiger partial charge in [-0.2, -0.15) is 0 Å². The molecular weight excluding hydrogens is 118 g/mol. The largest absolute Gasteiger partial charge is 0.410 e. The molecular formula is C5H7N3O. The van der Waals surface area contributed by atoms with Crippen LogP contribution < -0.4 is 5.43 Å². The van der Waals surface area contributed by atoms with Crippen LogP contribution in [0.1, 0.15) is 0 Å². The van der Waals surface area contributed by atoms with Crippen LogP contribution in [-0.4, -0.2) is 16.6 Å². The molecule has 0 spiro atoms. The van der Waals surface area contributed by atoms with Crippen molar-refractivity contribution in [2.45, 2.75) is 0 Å². The number of hydrogen-bond acceptors (Lipinski definition) is 3. The van der Waals surface area contributed by atoms with E-state index in [-0.39, 0.29) is 0 Å². The first-order chi connectivity index (χ1) is 4.43. The standard InChI is InChI=1S/C5H7N3O/c9-7-5-8-4-2-1-3-6-8/h1-6,9H. The molecule has 0 aromatic carbocycles. The van der Waals surface area contributed by atoms with Crippen molar-refractivity contribution in [1.82, 2.24) is 10.4 Å². The van der Waals surface area contributed by atoms with Crippen LogP contribution in [0, 0.1) is 0 Å². The van der Waals surface area contributed by atoms with Gasteiger partial charge in [-0.05, 0) is 12.2 Å². The van der Waals surface area contributed by atoms with Crippen molar-refractivity contribution in [2.75, 3.05) is 0 Å². The van der Waals surface area contributed by atoms with Gasteiger partial charge >= 0.3 is 0 Å². The minimum absolute atomic E-state index is 1.25. The van der Waals surface area contributed by atoms with Gasteiger partial charge in [0.15, 0.2) is 6.34 Å². The lowest BCUT2D eigenvalue weighted by Crippen LogP contribution is -2.28. The van der Waals surface area contributed by atoms with Gasteiger partial charge < -0.3 is 10.6 Å². The maximum atomic E-state index is 8.05. The number of allylic oxidation sites excluding steroid dienone is 2. The van der Waals surface area contributed by atoms with Crippen LogP contribution in [0.2, 0.25) is 0 Å². The van der Waals surface area contributed by atoms with E-state index in [2.05, 4.69) is 10.6 Å². The summed E-state index contributed by atoms with van der Waals surface area (Å²) in [4.78, 5) is 0. The SMILES string of the molecule is ON=CN1C=CC=CN1. The van der Waals surface area contributed by atoms with Crippen LogP contribution in [0.5, 0.6) is 0 Å². The zero-order valence-corrected chi connectivity index (χ0v) is 4.73. The van der Waals surface area contributed by atoms with Gasteiger partial charge in [-0.1, -0.05) is 5.16 Å². The predicted octanol–water partition coefficient (Wildman–Crippen LogP) is 0.251. The molecule has 9 heavy (non-hydrogen) atoms. The lowest BCUT2D eigenvalue weighted by atomic mass is 10.5. The van der Waals surface area contributed by atoms with Gasteiger partial charge in [0, 0.05) is 12.4 Å². The molecule has 48 valence electrons. The zero-order valence-electron chi connectivity index (χ0n) is 4.73. The summed E-state index contributed by atoms with van der Waals surface area (Å²) in [5.74, 6) is 0. The molecule has 0 atom stereocenters. The maximum Gasteiger partial charge on any atom is 0.153 e. The highest BCUT2D eigenvalue weighted by atomic mass is 16.4. The summed E-state index contributed by atoms with van der Waals surface area (Å²) >= 11 is 0. The van der Waals surface area contributed by atoms with Crippen molar-refractivity contribution in [3.8, 4) is 0 Å². The molecule has 0 aliphatic carbocycles. The summed E-state index contributed by atoms with van der Waals surface area (Å²) in [5, 5.41) is 12.4. The van der Waals surface area contributed by atoms with E-state index >= 15 is 0 Å². The molecule has 1 aliphatic heterocycles. The van der Waals surface area contributed by atoms with Gasteiger partial charge in [0.05, 0.1) is 0 Å². The lowest BCUT2D eigenvalue weighted by molar-refractivity contribution is 0.309. The third-order valence-electron chi connectivity index (χ3n) is 0.854. The number of rotatable bonds is 1. The van der Waals surface area contributed by atoms with Gasteiger partial charge in [-0.15, -0.1) is 0 Å². The molecule has 4 heteroatoms. The first kappa shape index (κ1) is 5.68. The minimum Gasteiger partial charge on any atom is -0.410 e. The van der Waals surface area contributed by atoms with E-state index in [4.69, 9.17) is 5.21 Å². The van der Waals surface area contributed by atoms with Crippen molar-refractivity contribution in [2.24, 2.45) is 5.16 Å². The fourth-order valence-corrected chi connectivity index (χ4v) is 0.498. The molecule has 1 heterocycles. The summed E-state index contributed by atoms with van der Waals surface area (Å²) in [6.07, 6.45) is 8.35. The van der Waals surface area contributed by atoms with E-state index in [1.165, 1.54) is 11.3 Å². The highest BCUT2D eigenvalue weighted by Crippen LogP contribution is 1.87. The van der Waals surface area contributed by atoms with E-state index in [1.54, 1.807) is 12.4 Å². The van der Waals surface area contributed by atoms with Crippen LogP contribution in [0.15, 0.2) is 29.7 Å². The number of nitrogens with zero attached hydrogens (tertiary/aromatic N) is 2. The number of nitrogens with one attached hydrogen (secondary N) is 1. The van der Waals surface area contributed by atoms with E-state index in [0.717, 1.165) is 0 Å². The van der Waals surface area contributed by atoms with Crippen molar-refractivity contribution < 1.29 is 5.21 Å². The smallest absolute Gasteiger partial charge is 0.153 e. The quantitative estimate of drug-likeness (QED) is 0.228. The Kier molecular flexibility index (Phi) is 1.74. The highest BCUT2D eigenvalue weighted by molar-refractivity contribution is 5.55. The molecule has 0 saturated carbocycles. The Morgan fingerprint density at radius 2 is 2.44 bits per heavy atom. The first-order valence-corrected chi connectivity index (χ1v) is 2.49. The van der Waals surface area contributed by atoms with Crippen molar-refractivity contribution in [1.29, 1.82) is 0 Å². The minimum atomic E-state index is 1.25. The average Bonchev–Trinajstić information content (AvgIpc) is 1.91. The van der Waals surface area contributed by atoms with Gasteiger partial charge in [-0.3, -0.25) is 0 Å². The van der Waals surface area contributed by atoms with Gasteiger partial charge in [0.1, 0.15) is 0 Å². The summed E-state index contributed by atoms with van der Waals surface area (Å²) in [5.41, 5.74) is 2.78. The summed E-state index contributed by atoms with van der Waals surface area (Å²) in [7, 11) is 0. The van der Waals surface area contributed by atoms with Crippen LogP contribution in [0.4, 0.5) is 0 Å². The molecule has 0 radical (unpaired) electrons. The lowest BCUT2D eigenvalue weighted by Gasteiger charge is -2.14. The van der Waals surface area contributed by atoms with Crippen molar-refractivity contribution in [3.05, 3.63) is 24.6 Å². The third-order valence-corrected chi connectivity index (χ3v) is 0.854. The molecule has 1 aliphatic rings. The summed E-state index contributed by atoms with van der Waals surface area (Å²) in [6.45, 7) is 0. The Morgan fingerprint density at radius 1 is 1.56 bits per heavy atom. The molecule has 0 saturated heterocycles. The Morgan fingerprint density at radius 3 is 3.00 bits per heavy atom.